The van der Waals surface area contributed by atoms with Crippen molar-refractivity contribution in [2.24, 2.45) is 0 Å². The second-order valence-corrected chi connectivity index (χ2v) is 4.62. The maximum absolute atomic E-state index is 10.6. The van der Waals surface area contributed by atoms with Crippen molar-refractivity contribution in [1.82, 2.24) is 4.98 Å². The molecule has 82 valence electrons. The van der Waals surface area contributed by atoms with E-state index in [-0.39, 0.29) is 5.69 Å². The molecular weight excluding hydrogens is 246 g/mol. The summed E-state index contributed by atoms with van der Waals surface area (Å²) in [4.78, 5) is 14.7. The Hall–Kier alpha value is -1.39. The summed E-state index contributed by atoms with van der Waals surface area (Å²) in [6.45, 7) is 0. The van der Waals surface area contributed by atoms with Crippen molar-refractivity contribution in [3.8, 4) is 0 Å². The second-order valence-electron chi connectivity index (χ2n) is 3.24. The Morgan fingerprint density at radius 1 is 1.50 bits per heavy atom. The molecule has 5 heteroatoms. The zero-order chi connectivity index (χ0) is 11.5. The lowest BCUT2D eigenvalue weighted by atomic mass is 10.2. The van der Waals surface area contributed by atoms with Gasteiger partial charge in [-0.2, -0.15) is 0 Å². The largest absolute Gasteiger partial charge is 0.476 e. The molecule has 3 nitrogen and oxygen atoms in total. The first-order valence-corrected chi connectivity index (χ1v) is 5.83. The van der Waals surface area contributed by atoms with Gasteiger partial charge < -0.3 is 5.11 Å². The Bertz CT molecular complexity index is 524. The van der Waals surface area contributed by atoms with Crippen LogP contribution in [0.25, 0.3) is 0 Å². The standard InChI is InChI=1S/C11H8ClNO2S/c12-8-3-1-2-7(4-8)5-10-13-9(6-16-10)11(14)15/h1-4,6H,5H2,(H,14,15). The number of hydrogen-bond acceptors (Lipinski definition) is 3. The number of benzene rings is 1. The molecule has 0 fully saturated rings. The van der Waals surface area contributed by atoms with E-state index in [1.807, 2.05) is 18.2 Å². The number of aromatic nitrogens is 1. The lowest BCUT2D eigenvalue weighted by Gasteiger charge is -1.97. The fourth-order valence-electron chi connectivity index (χ4n) is 1.31. The molecule has 1 heterocycles. The van der Waals surface area contributed by atoms with Crippen LogP contribution in [-0.2, 0) is 6.42 Å². The molecule has 0 saturated carbocycles. The molecule has 0 aliphatic rings. The molecule has 0 radical (unpaired) electrons. The van der Waals surface area contributed by atoms with Crippen molar-refractivity contribution in [1.29, 1.82) is 0 Å². The van der Waals surface area contributed by atoms with Crippen LogP contribution >= 0.6 is 22.9 Å². The van der Waals surface area contributed by atoms with E-state index in [0.29, 0.717) is 11.4 Å². The molecule has 0 amide bonds. The zero-order valence-corrected chi connectivity index (χ0v) is 9.76. The molecule has 0 aliphatic heterocycles. The summed E-state index contributed by atoms with van der Waals surface area (Å²) in [6, 6.07) is 7.45. The molecule has 0 aliphatic carbocycles. The van der Waals surface area contributed by atoms with Gasteiger partial charge in [0.1, 0.15) is 0 Å². The molecule has 0 saturated heterocycles. The summed E-state index contributed by atoms with van der Waals surface area (Å²) in [7, 11) is 0. The topological polar surface area (TPSA) is 50.2 Å². The van der Waals surface area contributed by atoms with Crippen molar-refractivity contribution in [3.05, 3.63) is 50.9 Å². The van der Waals surface area contributed by atoms with Gasteiger partial charge in [0, 0.05) is 16.8 Å². The minimum atomic E-state index is -0.992. The number of carbonyl (C=O) groups is 1. The quantitative estimate of drug-likeness (QED) is 0.915. The average molecular weight is 254 g/mol. The Balaban J connectivity index is 2.17. The lowest BCUT2D eigenvalue weighted by molar-refractivity contribution is 0.0691. The molecule has 2 rings (SSSR count). The SMILES string of the molecule is O=C(O)c1csc(Cc2cccc(Cl)c2)n1. The molecule has 0 unspecified atom stereocenters. The number of halogens is 1. The number of rotatable bonds is 3. The molecule has 0 bridgehead atoms. The van der Waals surface area contributed by atoms with E-state index < -0.39 is 5.97 Å². The van der Waals surface area contributed by atoms with Crippen molar-refractivity contribution in [3.63, 3.8) is 0 Å². The van der Waals surface area contributed by atoms with Crippen LogP contribution in [-0.4, -0.2) is 16.1 Å². The molecule has 1 N–H and O–H groups in total. The highest BCUT2D eigenvalue weighted by molar-refractivity contribution is 7.09. The number of thiazole rings is 1. The number of nitrogens with zero attached hydrogens (tertiary/aromatic N) is 1. The predicted octanol–water partition coefficient (Wildman–Crippen LogP) is 3.09. The monoisotopic (exact) mass is 253 g/mol. The first-order chi connectivity index (χ1) is 7.65. The average Bonchev–Trinajstić information content (AvgIpc) is 2.66. The van der Waals surface area contributed by atoms with Crippen molar-refractivity contribution < 1.29 is 9.90 Å². The minimum absolute atomic E-state index is 0.0991. The van der Waals surface area contributed by atoms with E-state index in [4.69, 9.17) is 16.7 Å². The van der Waals surface area contributed by atoms with Gasteiger partial charge in [-0.25, -0.2) is 9.78 Å². The third kappa shape index (κ3) is 2.59. The molecular formula is C11H8ClNO2S. The fraction of sp³-hybridized carbons (Fsp3) is 0.0909. The van der Waals surface area contributed by atoms with E-state index in [9.17, 15) is 4.79 Å². The first-order valence-electron chi connectivity index (χ1n) is 4.57. The van der Waals surface area contributed by atoms with Gasteiger partial charge in [0.05, 0.1) is 5.01 Å². The first kappa shape index (κ1) is 11.1. The van der Waals surface area contributed by atoms with Crippen molar-refractivity contribution >= 4 is 28.9 Å². The summed E-state index contributed by atoms with van der Waals surface area (Å²) < 4.78 is 0. The van der Waals surface area contributed by atoms with E-state index in [2.05, 4.69) is 4.98 Å². The maximum Gasteiger partial charge on any atom is 0.355 e. The molecule has 1 aromatic carbocycles. The minimum Gasteiger partial charge on any atom is -0.476 e. The van der Waals surface area contributed by atoms with Gasteiger partial charge >= 0.3 is 5.97 Å². The van der Waals surface area contributed by atoms with Crippen LogP contribution in [0.3, 0.4) is 0 Å². The molecule has 0 spiro atoms. The van der Waals surface area contributed by atoms with E-state index >= 15 is 0 Å². The van der Waals surface area contributed by atoms with Crippen molar-refractivity contribution in [2.45, 2.75) is 6.42 Å². The van der Waals surface area contributed by atoms with Crippen LogP contribution in [0.4, 0.5) is 0 Å². The summed E-state index contributed by atoms with van der Waals surface area (Å²) in [5.41, 5.74) is 1.13. The number of carboxylic acid groups (broad SMARTS) is 1. The van der Waals surface area contributed by atoms with Gasteiger partial charge in [0.15, 0.2) is 5.69 Å². The van der Waals surface area contributed by atoms with Crippen molar-refractivity contribution in [2.75, 3.05) is 0 Å². The number of carboxylic acids is 1. The Morgan fingerprint density at radius 3 is 2.94 bits per heavy atom. The summed E-state index contributed by atoms with van der Waals surface area (Å²) in [5.74, 6) is -0.992. The van der Waals surface area contributed by atoms with Crippen LogP contribution in [0, 0.1) is 0 Å². The van der Waals surface area contributed by atoms with Crippen LogP contribution in [0.2, 0.25) is 5.02 Å². The Kier molecular flexibility index (Phi) is 3.22. The maximum atomic E-state index is 10.6. The Morgan fingerprint density at radius 2 is 2.31 bits per heavy atom. The van der Waals surface area contributed by atoms with E-state index in [0.717, 1.165) is 10.6 Å². The molecule has 0 atom stereocenters. The fourth-order valence-corrected chi connectivity index (χ4v) is 2.33. The highest BCUT2D eigenvalue weighted by Gasteiger charge is 2.08. The summed E-state index contributed by atoms with van der Waals surface area (Å²) in [6.07, 6.45) is 0.610. The van der Waals surface area contributed by atoms with Crippen LogP contribution in [0.15, 0.2) is 29.6 Å². The van der Waals surface area contributed by atoms with Gasteiger partial charge in [-0.05, 0) is 17.7 Å². The van der Waals surface area contributed by atoms with Gasteiger partial charge in [-0.15, -0.1) is 11.3 Å². The van der Waals surface area contributed by atoms with Crippen LogP contribution < -0.4 is 0 Å². The molecule has 2 aromatic rings. The van der Waals surface area contributed by atoms with Gasteiger partial charge in [0.25, 0.3) is 0 Å². The van der Waals surface area contributed by atoms with Gasteiger partial charge in [0.2, 0.25) is 0 Å². The van der Waals surface area contributed by atoms with E-state index in [1.165, 1.54) is 11.3 Å². The number of hydrogen-bond donors (Lipinski definition) is 1. The van der Waals surface area contributed by atoms with Crippen LogP contribution in [0.5, 0.6) is 0 Å². The summed E-state index contributed by atoms with van der Waals surface area (Å²) in [5, 5.41) is 11.7. The highest BCUT2D eigenvalue weighted by atomic mass is 35.5. The summed E-state index contributed by atoms with van der Waals surface area (Å²) >= 11 is 7.20. The van der Waals surface area contributed by atoms with E-state index in [1.54, 1.807) is 11.4 Å². The molecule has 1 aromatic heterocycles. The molecule has 16 heavy (non-hydrogen) atoms. The normalized spacial score (nSPS) is 10.3. The predicted molar refractivity (Wildman–Crippen MR) is 63.3 cm³/mol. The van der Waals surface area contributed by atoms with Gasteiger partial charge in [-0.1, -0.05) is 23.7 Å². The third-order valence-electron chi connectivity index (χ3n) is 2.02. The lowest BCUT2D eigenvalue weighted by Crippen LogP contribution is -1.97. The second kappa shape index (κ2) is 4.63. The van der Waals surface area contributed by atoms with Crippen LogP contribution in [0.1, 0.15) is 21.1 Å². The number of aromatic carboxylic acids is 1. The zero-order valence-electron chi connectivity index (χ0n) is 8.18. The smallest absolute Gasteiger partial charge is 0.355 e. The highest BCUT2D eigenvalue weighted by Crippen LogP contribution is 2.17. The Labute approximate surface area is 101 Å². The third-order valence-corrected chi connectivity index (χ3v) is 3.10. The van der Waals surface area contributed by atoms with Gasteiger partial charge in [-0.3, -0.25) is 0 Å².